The van der Waals surface area contributed by atoms with Crippen molar-refractivity contribution in [1.29, 1.82) is 0 Å². The molecule has 1 unspecified atom stereocenters. The predicted octanol–water partition coefficient (Wildman–Crippen LogP) is 6.25. The van der Waals surface area contributed by atoms with Gasteiger partial charge in [-0.05, 0) is 65.9 Å². The first-order valence-corrected chi connectivity index (χ1v) is 21.6. The highest BCUT2D eigenvalue weighted by Crippen LogP contribution is 2.44. The molecule has 0 aliphatic rings. The number of hydrogen-bond donors (Lipinski definition) is 0. The van der Waals surface area contributed by atoms with Crippen molar-refractivity contribution in [2.24, 2.45) is 0 Å². The molecule has 25 nitrogen and oxygen atoms in total. The van der Waals surface area contributed by atoms with Crippen LogP contribution in [0.25, 0.3) is 11.6 Å². The van der Waals surface area contributed by atoms with Crippen LogP contribution in [-0.2, 0) is 50.7 Å². The van der Waals surface area contributed by atoms with Gasteiger partial charge in [0.05, 0.1) is 25.2 Å². The number of carbonyl (C=O) groups excluding carboxylic acids is 2. The largest absolute Gasteiger partial charge is 0.513 e. The average molecular weight is 968 g/mol. The smallest absolute Gasteiger partial charge is 0.493 e. The Hall–Kier alpha value is -8.13. The van der Waals surface area contributed by atoms with Gasteiger partial charge in [0.2, 0.25) is 11.6 Å². The van der Waals surface area contributed by atoms with Gasteiger partial charge in [0.25, 0.3) is 26.1 Å². The van der Waals surface area contributed by atoms with E-state index < -0.39 is 82.6 Å². The summed E-state index contributed by atoms with van der Waals surface area (Å²) >= 11 is 0. The molecular formula is C42H45N7O18S. The lowest BCUT2D eigenvalue weighted by Gasteiger charge is -2.30. The van der Waals surface area contributed by atoms with Crippen molar-refractivity contribution < 1.29 is 75.8 Å². The zero-order valence-electron chi connectivity index (χ0n) is 37.1. The Balaban J connectivity index is 1.56. The Bertz CT molecular complexity index is 2620. The lowest BCUT2D eigenvalue weighted by Crippen LogP contribution is -2.42. The predicted molar refractivity (Wildman–Crippen MR) is 232 cm³/mol. The maximum atomic E-state index is 15.1. The number of nitrogens with zero attached hydrogens (tertiary/aromatic N) is 7. The number of hydrogen-bond acceptors (Lipinski definition) is 22. The van der Waals surface area contributed by atoms with Gasteiger partial charge in [-0.3, -0.25) is 0 Å². The van der Waals surface area contributed by atoms with Gasteiger partial charge in [-0.25, -0.2) is 37.3 Å². The standard InChI is InChI=1S/C42H45N7O18S/c1-28(65-40(50)61-22-20-59-21-25-63-48(52)53)47(68(56,57)32-16-14-30(15-17-32)42(2,3)4)38-35(67-34-13-7-6-12-33(34)58-5)39(46-37(45-38)36-43-18-9-19-44-36)60-23-24-62-41(51)66-31-11-8-10-29(26-31)27-64-49(54)55/h6-19,26,28H,20-25,27H2,1-5H3. The SMILES string of the molecule is COc1ccccc1Oc1c(OCCOC(=O)Oc2cccc(CO[N+](=O)[O-])c2)nc(-c2ncccn2)nc1N(C(C)OC(=O)OCCOCCO[N+](=O)[O-])S(=O)(=O)c1ccc(C(C)(C)C)cc1. The Labute approximate surface area is 388 Å². The molecule has 2 aromatic heterocycles. The van der Waals surface area contributed by atoms with Crippen LogP contribution in [0.5, 0.6) is 28.9 Å². The molecule has 1 atom stereocenters. The summed E-state index contributed by atoms with van der Waals surface area (Å²) in [5, 5.41) is 19.1. The van der Waals surface area contributed by atoms with E-state index >= 15 is 8.42 Å². The first kappa shape index (κ1) is 50.9. The van der Waals surface area contributed by atoms with Crippen molar-refractivity contribution in [2.45, 2.75) is 50.8 Å². The van der Waals surface area contributed by atoms with Gasteiger partial charge in [-0.15, -0.1) is 20.2 Å². The minimum Gasteiger partial charge on any atom is -0.493 e. The molecule has 0 radical (unpaired) electrons. The number of rotatable bonds is 24. The number of carbonyl (C=O) groups is 2. The number of sulfonamides is 1. The van der Waals surface area contributed by atoms with Gasteiger partial charge in [-0.1, -0.05) is 57.2 Å². The highest BCUT2D eigenvalue weighted by atomic mass is 32.2. The summed E-state index contributed by atoms with van der Waals surface area (Å²) in [6.07, 6.45) is -1.57. The molecule has 0 amide bonds. The second kappa shape index (κ2) is 23.9. The van der Waals surface area contributed by atoms with Crippen LogP contribution < -0.4 is 23.3 Å². The highest BCUT2D eigenvalue weighted by Gasteiger charge is 2.39. The molecule has 0 spiro atoms. The second-order valence-electron chi connectivity index (χ2n) is 14.6. The third-order valence-electron chi connectivity index (χ3n) is 8.80. The minimum absolute atomic E-state index is 0.0102. The maximum Gasteiger partial charge on any atom is 0.513 e. The molecule has 0 N–H and O–H groups in total. The van der Waals surface area contributed by atoms with E-state index in [9.17, 15) is 29.8 Å². The zero-order chi connectivity index (χ0) is 49.3. The molecule has 362 valence electrons. The van der Waals surface area contributed by atoms with Crippen molar-refractivity contribution in [3.05, 3.63) is 123 Å². The van der Waals surface area contributed by atoms with Crippen molar-refractivity contribution in [3.63, 3.8) is 0 Å². The van der Waals surface area contributed by atoms with Gasteiger partial charge >= 0.3 is 12.3 Å². The number of methoxy groups -OCH3 is 1. The Kier molecular flexibility index (Phi) is 17.9. The third-order valence-corrected chi connectivity index (χ3v) is 10.7. The summed E-state index contributed by atoms with van der Waals surface area (Å²) in [7, 11) is -3.48. The van der Waals surface area contributed by atoms with E-state index in [1.165, 1.54) is 75.0 Å². The normalized spacial score (nSPS) is 11.6. The molecule has 3 aromatic carbocycles. The van der Waals surface area contributed by atoms with Crippen LogP contribution >= 0.6 is 0 Å². The summed E-state index contributed by atoms with van der Waals surface area (Å²) in [5.74, 6) is -1.74. The summed E-state index contributed by atoms with van der Waals surface area (Å²) in [4.78, 5) is 72.7. The van der Waals surface area contributed by atoms with Crippen LogP contribution in [0.2, 0.25) is 0 Å². The topological polar surface area (TPSA) is 302 Å². The summed E-state index contributed by atoms with van der Waals surface area (Å²) in [6, 6.07) is 19.5. The summed E-state index contributed by atoms with van der Waals surface area (Å²) in [6.45, 7) is 4.47. The maximum absolute atomic E-state index is 15.1. The number of anilines is 1. The molecule has 0 aliphatic heterocycles. The van der Waals surface area contributed by atoms with Crippen LogP contribution in [0.15, 0.2) is 96.2 Å². The van der Waals surface area contributed by atoms with Gasteiger partial charge in [0.15, 0.2) is 29.4 Å². The average Bonchev–Trinajstić information content (AvgIpc) is 3.30. The zero-order valence-corrected chi connectivity index (χ0v) is 37.9. The fraction of sp³-hybridized carbons (Fsp3) is 0.333. The number of para-hydroxylation sites is 2. The number of ether oxygens (including phenoxy) is 8. The van der Waals surface area contributed by atoms with Crippen LogP contribution in [0.3, 0.4) is 0 Å². The van der Waals surface area contributed by atoms with E-state index in [0.717, 1.165) is 5.56 Å². The molecule has 2 heterocycles. The van der Waals surface area contributed by atoms with E-state index in [1.54, 1.807) is 30.3 Å². The van der Waals surface area contributed by atoms with E-state index in [0.29, 0.717) is 9.87 Å². The molecule has 0 aliphatic carbocycles. The molecule has 0 fully saturated rings. The molecule has 0 bridgehead atoms. The monoisotopic (exact) mass is 967 g/mol. The van der Waals surface area contributed by atoms with Gasteiger partial charge < -0.3 is 47.6 Å². The first-order valence-electron chi connectivity index (χ1n) is 20.1. The van der Waals surface area contributed by atoms with Gasteiger partial charge in [0.1, 0.15) is 38.8 Å². The molecule has 5 rings (SSSR count). The lowest BCUT2D eigenvalue weighted by atomic mass is 9.87. The molecular weight excluding hydrogens is 923 g/mol. The molecule has 0 saturated heterocycles. The Morgan fingerprint density at radius 3 is 2.10 bits per heavy atom. The van der Waals surface area contributed by atoms with Crippen LogP contribution in [0.4, 0.5) is 15.4 Å². The second-order valence-corrected chi connectivity index (χ2v) is 16.4. The fourth-order valence-electron chi connectivity index (χ4n) is 5.70. The number of benzene rings is 3. The highest BCUT2D eigenvalue weighted by molar-refractivity contribution is 7.92. The van der Waals surface area contributed by atoms with Crippen LogP contribution in [0, 0.1) is 20.2 Å². The summed E-state index contributed by atoms with van der Waals surface area (Å²) in [5.41, 5.74) is 0.758. The van der Waals surface area contributed by atoms with Crippen molar-refractivity contribution in [2.75, 3.05) is 51.1 Å². The van der Waals surface area contributed by atoms with Crippen molar-refractivity contribution >= 4 is 28.2 Å². The Morgan fingerprint density at radius 2 is 1.43 bits per heavy atom. The minimum atomic E-state index is -4.85. The van der Waals surface area contributed by atoms with E-state index in [1.807, 2.05) is 20.8 Å². The van der Waals surface area contributed by atoms with Crippen molar-refractivity contribution in [1.82, 2.24) is 19.9 Å². The fourth-order valence-corrected chi connectivity index (χ4v) is 7.19. The number of aromatic nitrogens is 4. The molecule has 5 aromatic rings. The molecule has 68 heavy (non-hydrogen) atoms. The summed E-state index contributed by atoms with van der Waals surface area (Å²) < 4.78 is 75.0. The van der Waals surface area contributed by atoms with E-state index in [-0.39, 0.29) is 59.0 Å². The van der Waals surface area contributed by atoms with Gasteiger partial charge in [0, 0.05) is 12.4 Å². The van der Waals surface area contributed by atoms with Gasteiger partial charge in [-0.2, -0.15) is 4.98 Å². The quantitative estimate of drug-likeness (QED) is 0.0165. The molecule has 26 heteroatoms. The van der Waals surface area contributed by atoms with Crippen LogP contribution in [-0.4, -0.2) is 104 Å². The van der Waals surface area contributed by atoms with E-state index in [2.05, 4.69) is 29.6 Å². The molecule has 0 saturated carbocycles. The van der Waals surface area contributed by atoms with Crippen LogP contribution in [0.1, 0.15) is 38.8 Å². The van der Waals surface area contributed by atoms with E-state index in [4.69, 9.17) is 37.9 Å². The third kappa shape index (κ3) is 14.7. The first-order chi connectivity index (χ1) is 32.5. The lowest BCUT2D eigenvalue weighted by molar-refractivity contribution is -0.763. The Morgan fingerprint density at radius 1 is 0.765 bits per heavy atom. The van der Waals surface area contributed by atoms with Crippen molar-refractivity contribution in [3.8, 4) is 40.5 Å².